The van der Waals surface area contributed by atoms with E-state index < -0.39 is 10.0 Å². The number of carbonyl (C=O) groups is 1. The van der Waals surface area contributed by atoms with Gasteiger partial charge in [0, 0.05) is 18.2 Å². The van der Waals surface area contributed by atoms with Gasteiger partial charge in [-0.05, 0) is 51.9 Å². The zero-order valence-corrected chi connectivity index (χ0v) is 17.9. The van der Waals surface area contributed by atoms with E-state index >= 15 is 0 Å². The Morgan fingerprint density at radius 2 is 1.45 bits per heavy atom. The minimum atomic E-state index is -3.36. The Bertz CT molecular complexity index is 1360. The molecule has 1 N–H and O–H groups in total. The number of nitrogens with one attached hydrogen (secondary N) is 1. The highest BCUT2D eigenvalue weighted by atomic mass is 32.2. The molecule has 0 radical (unpaired) electrons. The number of hydrazone groups is 1. The molecule has 0 atom stereocenters. The van der Waals surface area contributed by atoms with Crippen molar-refractivity contribution in [3.63, 3.8) is 0 Å². The van der Waals surface area contributed by atoms with Crippen LogP contribution in [0.2, 0.25) is 0 Å². The van der Waals surface area contributed by atoms with Crippen molar-refractivity contribution in [1.82, 2.24) is 5.43 Å². The van der Waals surface area contributed by atoms with Crippen molar-refractivity contribution < 1.29 is 13.2 Å². The van der Waals surface area contributed by atoms with Crippen molar-refractivity contribution in [2.75, 3.05) is 17.6 Å². The van der Waals surface area contributed by atoms with E-state index in [-0.39, 0.29) is 5.91 Å². The van der Waals surface area contributed by atoms with E-state index in [1.54, 1.807) is 30.5 Å². The Morgan fingerprint density at radius 1 is 0.903 bits per heavy atom. The van der Waals surface area contributed by atoms with Crippen LogP contribution < -0.4 is 9.73 Å². The first kappa shape index (κ1) is 20.6. The number of sulfonamides is 1. The number of hydrogen-bond donors (Lipinski definition) is 1. The lowest BCUT2D eigenvalue weighted by Crippen LogP contribution is -2.25. The second-order valence-corrected chi connectivity index (χ2v) is 9.22. The summed E-state index contributed by atoms with van der Waals surface area (Å²) in [5, 5.41) is 8.47. The lowest BCUT2D eigenvalue weighted by molar-refractivity contribution is 0.0955. The molecule has 0 aliphatic heterocycles. The predicted molar refractivity (Wildman–Crippen MR) is 126 cm³/mol. The predicted octanol–water partition coefficient (Wildman–Crippen LogP) is 4.15. The van der Waals surface area contributed by atoms with Crippen molar-refractivity contribution in [1.29, 1.82) is 0 Å². The largest absolute Gasteiger partial charge is 0.274 e. The minimum absolute atomic E-state index is 0.380. The van der Waals surface area contributed by atoms with Gasteiger partial charge in [0.15, 0.2) is 0 Å². The minimum Gasteiger partial charge on any atom is -0.274 e. The fraction of sp³-hybridized carbons (Fsp3) is 0.0833. The number of hydrogen-bond acceptors (Lipinski definition) is 4. The molecule has 0 unspecified atom stereocenters. The second kappa shape index (κ2) is 8.20. The van der Waals surface area contributed by atoms with Crippen LogP contribution in [0.3, 0.4) is 0 Å². The first-order valence-electron chi connectivity index (χ1n) is 9.62. The molecule has 4 aromatic rings. The molecule has 31 heavy (non-hydrogen) atoms. The molecule has 0 bridgehead atoms. The maximum absolute atomic E-state index is 12.5. The summed E-state index contributed by atoms with van der Waals surface area (Å²) in [6, 6.07) is 24.5. The fourth-order valence-electron chi connectivity index (χ4n) is 3.42. The topological polar surface area (TPSA) is 78.8 Å². The van der Waals surface area contributed by atoms with Gasteiger partial charge in [-0.1, -0.05) is 48.5 Å². The monoisotopic (exact) mass is 431 g/mol. The van der Waals surface area contributed by atoms with Crippen LogP contribution in [0.25, 0.3) is 21.5 Å². The van der Waals surface area contributed by atoms with Gasteiger partial charge in [0.25, 0.3) is 5.91 Å². The highest BCUT2D eigenvalue weighted by Gasteiger charge is 2.13. The van der Waals surface area contributed by atoms with Crippen LogP contribution in [0.15, 0.2) is 84.0 Å². The first-order valence-corrected chi connectivity index (χ1v) is 11.5. The van der Waals surface area contributed by atoms with Crippen LogP contribution in [0.5, 0.6) is 0 Å². The second-order valence-electron chi connectivity index (χ2n) is 7.21. The molecule has 0 saturated heterocycles. The van der Waals surface area contributed by atoms with Gasteiger partial charge in [0.1, 0.15) is 0 Å². The number of carbonyl (C=O) groups excluding carboxylic acids is 1. The van der Waals surface area contributed by atoms with E-state index in [4.69, 9.17) is 0 Å². The van der Waals surface area contributed by atoms with Gasteiger partial charge in [-0.25, -0.2) is 13.8 Å². The summed E-state index contributed by atoms with van der Waals surface area (Å²) in [6.07, 6.45) is 2.79. The number of rotatable bonds is 5. The van der Waals surface area contributed by atoms with Crippen molar-refractivity contribution in [3.8, 4) is 0 Å². The highest BCUT2D eigenvalue weighted by molar-refractivity contribution is 7.92. The summed E-state index contributed by atoms with van der Waals surface area (Å²) >= 11 is 0. The third kappa shape index (κ3) is 4.27. The van der Waals surface area contributed by atoms with Gasteiger partial charge >= 0.3 is 0 Å². The van der Waals surface area contributed by atoms with Gasteiger partial charge in [0.2, 0.25) is 10.0 Å². The molecule has 0 spiro atoms. The van der Waals surface area contributed by atoms with E-state index in [0.29, 0.717) is 11.3 Å². The molecule has 156 valence electrons. The Morgan fingerprint density at radius 3 is 2.00 bits per heavy atom. The number of benzene rings is 4. The van der Waals surface area contributed by atoms with Crippen LogP contribution in [0, 0.1) is 0 Å². The Hall–Kier alpha value is -3.71. The maximum atomic E-state index is 12.5. The molecule has 7 heteroatoms. The molecule has 6 nitrogen and oxygen atoms in total. The summed E-state index contributed by atoms with van der Waals surface area (Å²) in [7, 11) is -1.90. The van der Waals surface area contributed by atoms with E-state index in [2.05, 4.69) is 16.6 Å². The lowest BCUT2D eigenvalue weighted by Gasteiger charge is -2.16. The lowest BCUT2D eigenvalue weighted by atomic mass is 9.97. The van der Waals surface area contributed by atoms with Crippen LogP contribution in [0.4, 0.5) is 5.69 Å². The molecule has 1 amide bonds. The Balaban J connectivity index is 1.59. The van der Waals surface area contributed by atoms with Crippen LogP contribution in [-0.2, 0) is 10.0 Å². The van der Waals surface area contributed by atoms with Crippen molar-refractivity contribution in [3.05, 3.63) is 90.0 Å². The number of nitrogens with zero attached hydrogens (tertiary/aromatic N) is 2. The molecule has 0 aromatic heterocycles. The summed E-state index contributed by atoms with van der Waals surface area (Å²) in [4.78, 5) is 12.5. The molecule has 0 aliphatic carbocycles. The number of anilines is 1. The first-order chi connectivity index (χ1) is 14.8. The summed E-state index contributed by atoms with van der Waals surface area (Å²) in [6.45, 7) is 0. The van der Waals surface area contributed by atoms with Crippen LogP contribution >= 0.6 is 0 Å². The van der Waals surface area contributed by atoms with E-state index in [0.717, 1.165) is 37.7 Å². The van der Waals surface area contributed by atoms with Gasteiger partial charge in [-0.3, -0.25) is 9.10 Å². The average Bonchev–Trinajstić information content (AvgIpc) is 2.77. The summed E-state index contributed by atoms with van der Waals surface area (Å²) in [5.74, 6) is -0.380. The molecular formula is C24H21N3O3S. The Kier molecular flexibility index (Phi) is 5.44. The number of fused-ring (bicyclic) bond motifs is 2. The maximum Gasteiger partial charge on any atom is 0.271 e. The molecule has 0 heterocycles. The third-order valence-electron chi connectivity index (χ3n) is 5.16. The molecule has 0 saturated carbocycles. The smallest absolute Gasteiger partial charge is 0.271 e. The average molecular weight is 432 g/mol. The van der Waals surface area contributed by atoms with Crippen LogP contribution in [-0.4, -0.2) is 33.8 Å². The van der Waals surface area contributed by atoms with Crippen molar-refractivity contribution >= 4 is 49.4 Å². The van der Waals surface area contributed by atoms with E-state index in [1.165, 1.54) is 7.05 Å². The van der Waals surface area contributed by atoms with Gasteiger partial charge in [0.05, 0.1) is 18.2 Å². The summed E-state index contributed by atoms with van der Waals surface area (Å²) in [5.41, 5.74) is 4.34. The standard InChI is InChI=1S/C24H21N3O3S/c1-27(31(2,29)30)20-13-11-17(12-14-20)24(28)26-25-16-23-21-9-5-3-7-18(21)15-19-8-4-6-10-22(19)23/h3-16H,1-2H3,(H,26,28)/b25-16-. The van der Waals surface area contributed by atoms with Crippen molar-refractivity contribution in [2.45, 2.75) is 0 Å². The number of amides is 1. The van der Waals surface area contributed by atoms with Gasteiger partial charge in [-0.15, -0.1) is 0 Å². The normalized spacial score (nSPS) is 11.8. The summed E-state index contributed by atoms with van der Waals surface area (Å²) < 4.78 is 24.4. The van der Waals surface area contributed by atoms with Crippen LogP contribution in [0.1, 0.15) is 15.9 Å². The Labute approximate surface area is 180 Å². The third-order valence-corrected chi connectivity index (χ3v) is 6.37. The van der Waals surface area contributed by atoms with Gasteiger partial charge < -0.3 is 0 Å². The zero-order chi connectivity index (χ0) is 22.0. The molecule has 0 aliphatic rings. The molecular weight excluding hydrogens is 410 g/mol. The molecule has 4 rings (SSSR count). The highest BCUT2D eigenvalue weighted by Crippen LogP contribution is 2.27. The fourth-order valence-corrected chi connectivity index (χ4v) is 3.93. The molecule has 4 aromatic carbocycles. The molecule has 0 fully saturated rings. The van der Waals surface area contributed by atoms with Crippen molar-refractivity contribution in [2.24, 2.45) is 5.10 Å². The van der Waals surface area contributed by atoms with E-state index in [9.17, 15) is 13.2 Å². The van der Waals surface area contributed by atoms with E-state index in [1.807, 2.05) is 48.5 Å². The van der Waals surface area contributed by atoms with Gasteiger partial charge in [-0.2, -0.15) is 5.10 Å². The zero-order valence-electron chi connectivity index (χ0n) is 17.1. The quantitative estimate of drug-likeness (QED) is 0.293. The SMILES string of the molecule is CN(c1ccc(C(=O)N/N=C\c2c3ccccc3cc3ccccc23)cc1)S(C)(=O)=O.